The minimum absolute atomic E-state index is 0.352. The third-order valence-electron chi connectivity index (χ3n) is 7.43. The summed E-state index contributed by atoms with van der Waals surface area (Å²) in [5.41, 5.74) is 5.87. The minimum atomic E-state index is -3.24. The van der Waals surface area contributed by atoms with Gasteiger partial charge in [-0.25, -0.2) is 18.4 Å². The van der Waals surface area contributed by atoms with Crippen LogP contribution in [0.15, 0.2) is 72.8 Å². The van der Waals surface area contributed by atoms with Gasteiger partial charge in [0.25, 0.3) is 5.91 Å². The molecule has 0 heterocycles. The number of primary sulfonamides is 1. The van der Waals surface area contributed by atoms with Crippen molar-refractivity contribution in [3.05, 3.63) is 95.1 Å². The van der Waals surface area contributed by atoms with Crippen LogP contribution in [-0.2, 0) is 27.8 Å². The number of benzene rings is 3. The van der Waals surface area contributed by atoms with Crippen molar-refractivity contribution in [2.75, 3.05) is 25.1 Å². The van der Waals surface area contributed by atoms with E-state index in [0.29, 0.717) is 17.7 Å². The number of carboxylic acids is 1. The van der Waals surface area contributed by atoms with Crippen molar-refractivity contribution in [1.82, 2.24) is 10.2 Å². The number of unbranched alkanes of at least 4 members (excludes halogenated alkanes) is 1. The fourth-order valence-corrected chi connectivity index (χ4v) is 5.03. The first-order valence-corrected chi connectivity index (χ1v) is 18.4. The Labute approximate surface area is 273 Å². The summed E-state index contributed by atoms with van der Waals surface area (Å²) in [7, 11) is -3.24. The van der Waals surface area contributed by atoms with Crippen LogP contribution < -0.4 is 10.5 Å². The zero-order valence-corrected chi connectivity index (χ0v) is 28.8. The van der Waals surface area contributed by atoms with E-state index in [1.54, 1.807) is 11.8 Å². The van der Waals surface area contributed by atoms with Gasteiger partial charge < -0.3 is 10.4 Å². The van der Waals surface area contributed by atoms with Crippen molar-refractivity contribution < 1.29 is 23.1 Å². The van der Waals surface area contributed by atoms with Crippen LogP contribution in [0.1, 0.15) is 67.1 Å². The molecule has 0 aliphatic heterocycles. The first kappa shape index (κ1) is 38.0. The van der Waals surface area contributed by atoms with Crippen molar-refractivity contribution in [1.29, 1.82) is 0 Å². The van der Waals surface area contributed by atoms with Gasteiger partial charge in [-0.15, -0.1) is 0 Å². The van der Waals surface area contributed by atoms with Crippen molar-refractivity contribution in [3.8, 4) is 11.1 Å². The molecule has 8 nitrogen and oxygen atoms in total. The van der Waals surface area contributed by atoms with E-state index in [2.05, 4.69) is 52.6 Å². The molecule has 4 N–H and O–H groups in total. The second kappa shape index (κ2) is 19.4. The van der Waals surface area contributed by atoms with Crippen LogP contribution in [0.3, 0.4) is 0 Å². The molecule has 10 heteroatoms. The lowest BCUT2D eigenvalue weighted by atomic mass is 9.93. The molecule has 0 saturated carbocycles. The van der Waals surface area contributed by atoms with E-state index >= 15 is 0 Å². The second-order valence-electron chi connectivity index (χ2n) is 11.3. The van der Waals surface area contributed by atoms with Crippen LogP contribution in [0.25, 0.3) is 11.1 Å². The normalized spacial score (nSPS) is 12.0. The summed E-state index contributed by atoms with van der Waals surface area (Å²) in [5.74, 6) is -0.695. The van der Waals surface area contributed by atoms with E-state index in [1.165, 1.54) is 19.4 Å². The molecule has 0 aromatic heterocycles. The van der Waals surface area contributed by atoms with E-state index in [0.717, 1.165) is 61.2 Å². The van der Waals surface area contributed by atoms with Crippen LogP contribution in [0.2, 0.25) is 0 Å². The predicted molar refractivity (Wildman–Crippen MR) is 187 cm³/mol. The fraction of sp³-hybridized carbons (Fsp3) is 0.429. The number of nitrogens with zero attached hydrogens (tertiary/aromatic N) is 1. The summed E-state index contributed by atoms with van der Waals surface area (Å²) < 4.78 is 20.2. The van der Waals surface area contributed by atoms with Gasteiger partial charge >= 0.3 is 5.97 Å². The fourth-order valence-electron chi connectivity index (χ4n) is 4.56. The first-order valence-electron chi connectivity index (χ1n) is 15.4. The number of aryl methyl sites for hydroxylation is 1. The summed E-state index contributed by atoms with van der Waals surface area (Å²) in [4.78, 5) is 27.6. The Hall–Kier alpha value is -3.18. The number of sulfonamides is 1. The molecule has 0 fully saturated rings. The van der Waals surface area contributed by atoms with Gasteiger partial charge in [-0.3, -0.25) is 9.69 Å². The highest BCUT2D eigenvalue weighted by Gasteiger charge is 2.23. The number of carbonyl (C=O) groups is 2. The number of nitrogens with one attached hydrogen (secondary N) is 1. The van der Waals surface area contributed by atoms with Crippen LogP contribution in [0.4, 0.5) is 0 Å². The van der Waals surface area contributed by atoms with E-state index in [-0.39, 0.29) is 5.91 Å². The summed E-state index contributed by atoms with van der Waals surface area (Å²) in [6, 6.07) is 23.6. The number of hydrogen-bond donors (Lipinski definition) is 3. The second-order valence-corrected chi connectivity index (χ2v) is 14.5. The van der Waals surface area contributed by atoms with Gasteiger partial charge in [-0.2, -0.15) is 11.8 Å². The SMILES string of the molecule is CC(C)S(N)(=O)=O.CCCCN(CCc1ccccc1)Cc1ccc(C(=O)N[C@@H](CCSC)C(=O)O)c(-c2ccccc2C)c1. The van der Waals surface area contributed by atoms with Crippen LogP contribution in [-0.4, -0.2) is 66.7 Å². The molecule has 0 radical (unpaired) electrons. The third kappa shape index (κ3) is 13.4. The maximum atomic E-state index is 13.4. The number of rotatable bonds is 16. The van der Waals surface area contributed by atoms with E-state index in [4.69, 9.17) is 0 Å². The molecule has 3 rings (SSSR count). The van der Waals surface area contributed by atoms with Crippen molar-refractivity contribution >= 4 is 33.7 Å². The van der Waals surface area contributed by atoms with Crippen LogP contribution >= 0.6 is 11.8 Å². The Bertz CT molecular complexity index is 1460. The Morgan fingerprint density at radius 2 is 1.60 bits per heavy atom. The summed E-state index contributed by atoms with van der Waals surface area (Å²) in [6.45, 7) is 10.1. The molecule has 3 aromatic carbocycles. The predicted octanol–water partition coefficient (Wildman–Crippen LogP) is 6.13. The monoisotopic (exact) mass is 655 g/mol. The van der Waals surface area contributed by atoms with Crippen molar-refractivity contribution in [3.63, 3.8) is 0 Å². The van der Waals surface area contributed by atoms with Gasteiger partial charge in [0.2, 0.25) is 10.0 Å². The maximum Gasteiger partial charge on any atom is 0.326 e. The van der Waals surface area contributed by atoms with Crippen LogP contribution in [0, 0.1) is 6.92 Å². The highest BCUT2D eigenvalue weighted by Crippen LogP contribution is 2.29. The Kier molecular flexibility index (Phi) is 16.4. The molecular weight excluding hydrogens is 607 g/mol. The lowest BCUT2D eigenvalue weighted by Gasteiger charge is -2.23. The smallest absolute Gasteiger partial charge is 0.326 e. The topological polar surface area (TPSA) is 130 Å². The first-order chi connectivity index (χ1) is 21.4. The summed E-state index contributed by atoms with van der Waals surface area (Å²) in [5, 5.41) is 16.6. The van der Waals surface area contributed by atoms with Crippen molar-refractivity contribution in [2.24, 2.45) is 5.14 Å². The van der Waals surface area contributed by atoms with Gasteiger partial charge in [-0.1, -0.05) is 74.0 Å². The number of hydrogen-bond acceptors (Lipinski definition) is 6. The van der Waals surface area contributed by atoms with Gasteiger partial charge in [0.1, 0.15) is 6.04 Å². The molecule has 0 aliphatic carbocycles. The number of carboxylic acid groups (broad SMARTS) is 1. The highest BCUT2D eigenvalue weighted by atomic mass is 32.2. The number of thioether (sulfide) groups is 1. The summed E-state index contributed by atoms with van der Waals surface area (Å²) in [6.07, 6.45) is 5.57. The highest BCUT2D eigenvalue weighted by molar-refractivity contribution is 7.98. The van der Waals surface area contributed by atoms with Gasteiger partial charge in [-0.05, 0) is 98.5 Å². The molecule has 1 amide bonds. The lowest BCUT2D eigenvalue weighted by Crippen LogP contribution is -2.41. The molecule has 0 spiro atoms. The van der Waals surface area contributed by atoms with Crippen molar-refractivity contribution in [2.45, 2.75) is 71.2 Å². The standard InChI is InChI=1S/C32H40N2O3S.C3H9NO2S/c1-4-5-19-34(20-17-25-12-7-6-8-13-25)23-26-15-16-28(29(22-26)27-14-10-9-11-24(27)2)31(35)33-30(32(36)37)18-21-38-3;1-3(2)7(4,5)6/h6-16,22,30H,4-5,17-21,23H2,1-3H3,(H,33,35)(H,36,37);3H,1-2H3,(H2,4,5,6)/t30-;/m0./s1. The molecule has 246 valence electrons. The maximum absolute atomic E-state index is 13.4. The molecule has 45 heavy (non-hydrogen) atoms. The van der Waals surface area contributed by atoms with Gasteiger partial charge in [0.05, 0.1) is 5.25 Å². The molecule has 3 aromatic rings. The average Bonchev–Trinajstić information content (AvgIpc) is 3.00. The molecule has 0 saturated heterocycles. The average molecular weight is 656 g/mol. The quantitative estimate of drug-likeness (QED) is 0.169. The minimum Gasteiger partial charge on any atom is -0.480 e. The van der Waals surface area contributed by atoms with E-state index < -0.39 is 27.3 Å². The lowest BCUT2D eigenvalue weighted by molar-refractivity contribution is -0.139. The Balaban J connectivity index is 0.000000900. The van der Waals surface area contributed by atoms with Crippen LogP contribution in [0.5, 0.6) is 0 Å². The molecular formula is C35H49N3O5S2. The third-order valence-corrected chi connectivity index (χ3v) is 9.39. The Morgan fingerprint density at radius 3 is 2.18 bits per heavy atom. The van der Waals surface area contributed by atoms with Gasteiger partial charge in [0.15, 0.2) is 0 Å². The van der Waals surface area contributed by atoms with Gasteiger partial charge in [0, 0.05) is 18.7 Å². The number of amides is 1. The number of carbonyl (C=O) groups excluding carboxylic acids is 1. The molecule has 0 unspecified atom stereocenters. The van der Waals surface area contributed by atoms with E-state index in [1.807, 2.05) is 55.6 Å². The Morgan fingerprint density at radius 1 is 0.956 bits per heavy atom. The molecule has 0 bridgehead atoms. The summed E-state index contributed by atoms with van der Waals surface area (Å²) >= 11 is 1.57. The number of aliphatic carboxylic acids is 1. The largest absolute Gasteiger partial charge is 0.480 e. The zero-order valence-electron chi connectivity index (χ0n) is 27.2. The molecule has 0 aliphatic rings. The zero-order chi connectivity index (χ0) is 33.4. The molecule has 1 atom stereocenters. The number of nitrogens with two attached hydrogens (primary N) is 1. The van der Waals surface area contributed by atoms with E-state index in [9.17, 15) is 23.1 Å².